The summed E-state index contributed by atoms with van der Waals surface area (Å²) in [7, 11) is 0. The van der Waals surface area contributed by atoms with Crippen molar-refractivity contribution < 1.29 is 18.7 Å². The number of aliphatic hydroxyl groups is 1. The number of nitrogens with zero attached hydrogens (tertiary/aromatic N) is 1. The van der Waals surface area contributed by atoms with Crippen molar-refractivity contribution in [2.75, 3.05) is 29.1 Å². The van der Waals surface area contributed by atoms with Gasteiger partial charge in [-0.15, -0.1) is 0 Å². The molecule has 1 amide bonds. The Morgan fingerprint density at radius 1 is 1.00 bits per heavy atom. The van der Waals surface area contributed by atoms with Gasteiger partial charge in [-0.3, -0.25) is 4.79 Å². The van der Waals surface area contributed by atoms with Crippen LogP contribution in [0.3, 0.4) is 0 Å². The fraction of sp³-hybridized carbons (Fsp3) is 0.143. The second-order valence-corrected chi connectivity index (χ2v) is 6.46. The van der Waals surface area contributed by atoms with Gasteiger partial charge in [0.15, 0.2) is 0 Å². The van der Waals surface area contributed by atoms with Crippen molar-refractivity contribution in [3.05, 3.63) is 77.5 Å². The predicted molar refractivity (Wildman–Crippen MR) is 112 cm³/mol. The van der Waals surface area contributed by atoms with Crippen molar-refractivity contribution in [1.29, 1.82) is 0 Å². The summed E-state index contributed by atoms with van der Waals surface area (Å²) < 4.78 is 26.8. The molecule has 1 aromatic heterocycles. The van der Waals surface area contributed by atoms with Crippen LogP contribution < -0.4 is 21.7 Å². The molecule has 0 bridgehead atoms. The molecule has 0 saturated carbocycles. The molecule has 0 aliphatic rings. The van der Waals surface area contributed by atoms with Gasteiger partial charge >= 0.3 is 0 Å². The van der Waals surface area contributed by atoms with E-state index in [1.54, 1.807) is 6.07 Å². The molecule has 0 aliphatic carbocycles. The first kappa shape index (κ1) is 21.0. The molecule has 7 nitrogen and oxygen atoms in total. The summed E-state index contributed by atoms with van der Waals surface area (Å²) >= 11 is 0. The molecule has 156 valence electrons. The molecule has 3 aromatic rings. The molecule has 0 fully saturated rings. The van der Waals surface area contributed by atoms with Crippen LogP contribution in [0.2, 0.25) is 0 Å². The molecule has 0 unspecified atom stereocenters. The quantitative estimate of drug-likeness (QED) is 0.368. The maximum absolute atomic E-state index is 13.4. The highest BCUT2D eigenvalue weighted by Crippen LogP contribution is 2.23. The summed E-state index contributed by atoms with van der Waals surface area (Å²) in [5, 5.41) is 18.0. The Morgan fingerprint density at radius 3 is 2.30 bits per heavy atom. The van der Waals surface area contributed by atoms with E-state index in [2.05, 4.69) is 20.9 Å². The maximum Gasteiger partial charge on any atom is 0.252 e. The van der Waals surface area contributed by atoms with Crippen LogP contribution in [0.5, 0.6) is 0 Å². The third-order valence-electron chi connectivity index (χ3n) is 4.17. The van der Waals surface area contributed by atoms with Gasteiger partial charge in [-0.05, 0) is 42.0 Å². The van der Waals surface area contributed by atoms with Crippen LogP contribution in [0.1, 0.15) is 15.9 Å². The van der Waals surface area contributed by atoms with Crippen LogP contribution in [-0.4, -0.2) is 29.1 Å². The van der Waals surface area contributed by atoms with Crippen LogP contribution >= 0.6 is 0 Å². The molecule has 9 heteroatoms. The third-order valence-corrected chi connectivity index (χ3v) is 4.17. The van der Waals surface area contributed by atoms with Gasteiger partial charge in [0.1, 0.15) is 17.5 Å². The van der Waals surface area contributed by atoms with E-state index >= 15 is 0 Å². The number of halogens is 2. The highest BCUT2D eigenvalue weighted by molar-refractivity contribution is 5.98. The van der Waals surface area contributed by atoms with Gasteiger partial charge in [0.05, 0.1) is 17.9 Å². The highest BCUT2D eigenvalue weighted by Gasteiger charge is 2.11. The largest absolute Gasteiger partial charge is 0.395 e. The first-order valence-corrected chi connectivity index (χ1v) is 9.15. The number of rotatable bonds is 9. The standard InChI is InChI=1S/C21H21F2N5O2/c22-14-7-13(8-15(23)9-14)11-26-19-10-20(27-12-18(19)21(24)30)28-17-3-1-16(2-4-17)25-5-6-29/h1-4,7-10,12,25,29H,5-6,11H2,(H2,24,30)(H2,26,27,28). The second-order valence-electron chi connectivity index (χ2n) is 6.46. The molecule has 0 saturated heterocycles. The minimum absolute atomic E-state index is 0.0359. The molecule has 2 aromatic carbocycles. The van der Waals surface area contributed by atoms with Crippen LogP contribution in [0.15, 0.2) is 54.7 Å². The summed E-state index contributed by atoms with van der Waals surface area (Å²) in [4.78, 5) is 15.9. The molecule has 1 heterocycles. The van der Waals surface area contributed by atoms with Crippen molar-refractivity contribution >= 4 is 28.8 Å². The van der Waals surface area contributed by atoms with Crippen molar-refractivity contribution in [3.63, 3.8) is 0 Å². The first-order valence-electron chi connectivity index (χ1n) is 9.15. The normalized spacial score (nSPS) is 10.5. The fourth-order valence-electron chi connectivity index (χ4n) is 2.80. The number of aromatic nitrogens is 1. The minimum Gasteiger partial charge on any atom is -0.395 e. The Labute approximate surface area is 172 Å². The number of hydrogen-bond acceptors (Lipinski definition) is 6. The van der Waals surface area contributed by atoms with E-state index in [0.29, 0.717) is 23.6 Å². The van der Waals surface area contributed by atoms with Crippen molar-refractivity contribution in [3.8, 4) is 0 Å². The van der Waals surface area contributed by atoms with Gasteiger partial charge < -0.3 is 26.8 Å². The third kappa shape index (κ3) is 5.65. The lowest BCUT2D eigenvalue weighted by Gasteiger charge is -2.13. The number of amides is 1. The molecule has 6 N–H and O–H groups in total. The number of hydrogen-bond donors (Lipinski definition) is 5. The van der Waals surface area contributed by atoms with E-state index in [1.165, 1.54) is 18.3 Å². The lowest BCUT2D eigenvalue weighted by Crippen LogP contribution is -2.15. The van der Waals surface area contributed by atoms with Gasteiger partial charge in [0.25, 0.3) is 5.91 Å². The van der Waals surface area contributed by atoms with Crippen LogP contribution in [0.4, 0.5) is 31.7 Å². The van der Waals surface area contributed by atoms with Crippen molar-refractivity contribution in [1.82, 2.24) is 4.98 Å². The number of carbonyl (C=O) groups excluding carboxylic acids is 1. The molecule has 0 atom stereocenters. The SMILES string of the molecule is NC(=O)c1cnc(Nc2ccc(NCCO)cc2)cc1NCc1cc(F)cc(F)c1. The van der Waals surface area contributed by atoms with E-state index in [-0.39, 0.29) is 18.7 Å². The highest BCUT2D eigenvalue weighted by atomic mass is 19.1. The summed E-state index contributed by atoms with van der Waals surface area (Å²) in [6, 6.07) is 12.1. The number of carbonyl (C=O) groups is 1. The first-order chi connectivity index (χ1) is 14.4. The lowest BCUT2D eigenvalue weighted by atomic mass is 10.1. The topological polar surface area (TPSA) is 112 Å². The Balaban J connectivity index is 1.76. The van der Waals surface area contributed by atoms with Gasteiger partial charge in [-0.1, -0.05) is 0 Å². The van der Waals surface area contributed by atoms with E-state index < -0.39 is 17.5 Å². The zero-order valence-corrected chi connectivity index (χ0v) is 16.0. The molecular formula is C21H21F2N5O2. The number of nitrogens with one attached hydrogen (secondary N) is 3. The number of primary amides is 1. The number of pyridine rings is 1. The van der Waals surface area contributed by atoms with Gasteiger partial charge in [0.2, 0.25) is 0 Å². The minimum atomic E-state index is -0.684. The number of anilines is 4. The predicted octanol–water partition coefficient (Wildman–Crippen LogP) is 3.22. The zero-order chi connectivity index (χ0) is 21.5. The van der Waals surface area contributed by atoms with Crippen molar-refractivity contribution in [2.45, 2.75) is 6.54 Å². The Hall–Kier alpha value is -3.72. The van der Waals surface area contributed by atoms with Crippen molar-refractivity contribution in [2.24, 2.45) is 5.73 Å². The van der Waals surface area contributed by atoms with E-state index in [0.717, 1.165) is 17.4 Å². The molecule has 0 aliphatic heterocycles. The number of nitrogens with two attached hydrogens (primary N) is 1. The van der Waals surface area contributed by atoms with E-state index in [9.17, 15) is 13.6 Å². The van der Waals surface area contributed by atoms with Gasteiger partial charge in [-0.25, -0.2) is 13.8 Å². The Bertz CT molecular complexity index is 1010. The Morgan fingerprint density at radius 2 is 1.67 bits per heavy atom. The second kappa shape index (κ2) is 9.66. The van der Waals surface area contributed by atoms with E-state index in [4.69, 9.17) is 10.8 Å². The van der Waals surface area contributed by atoms with Crippen LogP contribution in [-0.2, 0) is 6.54 Å². The summed E-state index contributed by atoms with van der Waals surface area (Å²) in [6.45, 7) is 0.574. The summed E-state index contributed by atoms with van der Waals surface area (Å²) in [6.07, 6.45) is 1.33. The van der Waals surface area contributed by atoms with Gasteiger partial charge in [0, 0.05) is 42.8 Å². The van der Waals surface area contributed by atoms with E-state index in [1.807, 2.05) is 24.3 Å². The zero-order valence-electron chi connectivity index (χ0n) is 16.0. The number of benzene rings is 2. The average molecular weight is 413 g/mol. The molecular weight excluding hydrogens is 392 g/mol. The summed E-state index contributed by atoms with van der Waals surface area (Å²) in [5.41, 5.74) is 7.93. The smallest absolute Gasteiger partial charge is 0.252 e. The van der Waals surface area contributed by atoms with Crippen LogP contribution in [0.25, 0.3) is 0 Å². The molecule has 0 radical (unpaired) electrons. The molecule has 0 spiro atoms. The monoisotopic (exact) mass is 413 g/mol. The molecule has 30 heavy (non-hydrogen) atoms. The number of aliphatic hydroxyl groups excluding tert-OH is 1. The maximum atomic E-state index is 13.4. The molecule has 3 rings (SSSR count). The average Bonchev–Trinajstić information content (AvgIpc) is 2.71. The lowest BCUT2D eigenvalue weighted by molar-refractivity contribution is 0.100. The summed E-state index contributed by atoms with van der Waals surface area (Å²) in [5.74, 6) is -1.60. The fourth-order valence-corrected chi connectivity index (χ4v) is 2.80. The van der Waals surface area contributed by atoms with Gasteiger partial charge in [-0.2, -0.15) is 0 Å². The Kier molecular flexibility index (Phi) is 6.76. The van der Waals surface area contributed by atoms with Crippen LogP contribution in [0, 0.1) is 11.6 Å².